The van der Waals surface area contributed by atoms with Gasteiger partial charge in [-0.1, -0.05) is 159 Å². The molecule has 2 heterocycles. The van der Waals surface area contributed by atoms with Crippen LogP contribution >= 0.6 is 0 Å². The van der Waals surface area contributed by atoms with Crippen molar-refractivity contribution in [1.82, 2.24) is 0 Å². The van der Waals surface area contributed by atoms with Crippen molar-refractivity contribution in [1.29, 1.82) is 0 Å². The lowest BCUT2D eigenvalue weighted by atomic mass is 9.34. The summed E-state index contributed by atoms with van der Waals surface area (Å²) in [6, 6.07) is 63.6. The number of rotatable bonds is 4. The van der Waals surface area contributed by atoms with Gasteiger partial charge in [-0.2, -0.15) is 0 Å². The first-order chi connectivity index (χ1) is 26.5. The molecule has 2 aliphatic rings. The molecule has 254 valence electrons. The second-order valence-electron chi connectivity index (χ2n) is 15.2. The van der Waals surface area contributed by atoms with Crippen molar-refractivity contribution in [3.05, 3.63) is 187 Å². The minimum atomic E-state index is -0.185. The maximum absolute atomic E-state index is 6.95. The molecule has 2 nitrogen and oxygen atoms in total. The van der Waals surface area contributed by atoms with Gasteiger partial charge in [-0.25, -0.2) is 0 Å². The van der Waals surface area contributed by atoms with Gasteiger partial charge in [0.2, 0.25) is 0 Å². The lowest BCUT2D eigenvalue weighted by Gasteiger charge is -2.35. The number of ether oxygens (including phenoxy) is 2. The van der Waals surface area contributed by atoms with Crippen molar-refractivity contribution in [3.8, 4) is 45.3 Å². The lowest BCUT2D eigenvalue weighted by Crippen LogP contribution is -2.57. The highest BCUT2D eigenvalue weighted by Crippen LogP contribution is 2.47. The molecule has 0 fully saturated rings. The Morgan fingerprint density at radius 1 is 0.389 bits per heavy atom. The molecule has 54 heavy (non-hydrogen) atoms. The van der Waals surface area contributed by atoms with Crippen molar-refractivity contribution in [2.75, 3.05) is 0 Å². The zero-order valence-electron chi connectivity index (χ0n) is 30.1. The molecule has 0 saturated carbocycles. The molecular formula is C51H35BO2. The molecular weight excluding hydrogens is 655 g/mol. The summed E-state index contributed by atoms with van der Waals surface area (Å²) in [6.07, 6.45) is 0. The number of fused-ring (bicyclic) bond motifs is 7. The van der Waals surface area contributed by atoms with Gasteiger partial charge in [0.25, 0.3) is 6.71 Å². The van der Waals surface area contributed by atoms with Crippen LogP contribution in [0.2, 0.25) is 0 Å². The second kappa shape index (κ2) is 11.7. The van der Waals surface area contributed by atoms with Crippen LogP contribution in [0.1, 0.15) is 25.0 Å². The predicted octanol–water partition coefficient (Wildman–Crippen LogP) is 11.5. The number of hydrogen-bond acceptors (Lipinski definition) is 2. The van der Waals surface area contributed by atoms with E-state index in [-0.39, 0.29) is 12.1 Å². The summed E-state index contributed by atoms with van der Waals surface area (Å²) >= 11 is 0. The van der Waals surface area contributed by atoms with E-state index in [9.17, 15) is 0 Å². The third-order valence-electron chi connectivity index (χ3n) is 11.9. The van der Waals surface area contributed by atoms with Gasteiger partial charge < -0.3 is 9.47 Å². The maximum Gasteiger partial charge on any atom is 0.260 e. The van der Waals surface area contributed by atoms with Crippen LogP contribution in [-0.4, -0.2) is 6.71 Å². The van der Waals surface area contributed by atoms with Crippen LogP contribution < -0.4 is 25.9 Å². The third kappa shape index (κ3) is 4.61. The van der Waals surface area contributed by atoms with E-state index in [1.807, 2.05) is 0 Å². The van der Waals surface area contributed by atoms with Crippen molar-refractivity contribution in [2.45, 2.75) is 19.3 Å². The lowest BCUT2D eigenvalue weighted by molar-refractivity contribution is 0.464. The zero-order valence-corrected chi connectivity index (χ0v) is 30.1. The van der Waals surface area contributed by atoms with E-state index in [1.165, 1.54) is 65.6 Å². The fourth-order valence-electron chi connectivity index (χ4n) is 9.10. The topological polar surface area (TPSA) is 18.5 Å². The molecule has 0 radical (unpaired) electrons. The number of para-hydroxylation sites is 1. The SMILES string of the molecule is CC(C)(c1ccccc1)c1ccc2c(c1)B1c3ccccc3Oc3cc(-c4c5ccccc5c(-c5ccc6ccccc6c5)c5ccccc45)cc(c31)O2. The number of hydrogen-bond donors (Lipinski definition) is 0. The molecule has 3 heteroatoms. The van der Waals surface area contributed by atoms with Gasteiger partial charge >= 0.3 is 0 Å². The standard InChI is InChI=1S/C51H35BO2/c1-51(2,36-16-4-3-5-17-36)37-26-27-45-43(31-37)52-42-22-12-13-23-44(42)53-46-29-35(30-47(54-45)50(46)52)49-40-20-10-8-18-38(40)48(39-19-9-11-21-41(39)49)34-25-24-32-14-6-7-15-33(32)28-34/h3-31H,1-2H3. The van der Waals surface area contributed by atoms with E-state index in [4.69, 9.17) is 9.47 Å². The molecule has 0 bridgehead atoms. The fraction of sp³-hybridized carbons (Fsp3) is 0.0588. The smallest absolute Gasteiger partial charge is 0.260 e. The van der Waals surface area contributed by atoms with Crippen LogP contribution in [0.5, 0.6) is 23.0 Å². The molecule has 0 aromatic heterocycles. The first kappa shape index (κ1) is 31.0. The molecule has 0 aliphatic carbocycles. The average molecular weight is 691 g/mol. The van der Waals surface area contributed by atoms with Crippen LogP contribution in [0.25, 0.3) is 54.6 Å². The first-order valence-corrected chi connectivity index (χ1v) is 18.8. The molecule has 11 rings (SSSR count). The van der Waals surface area contributed by atoms with Gasteiger partial charge in [-0.3, -0.25) is 0 Å². The molecule has 0 atom stereocenters. The molecule has 9 aromatic carbocycles. The van der Waals surface area contributed by atoms with Gasteiger partial charge in [0.15, 0.2) is 0 Å². The van der Waals surface area contributed by atoms with Crippen LogP contribution in [0.4, 0.5) is 0 Å². The highest BCUT2D eigenvalue weighted by atomic mass is 16.5. The van der Waals surface area contributed by atoms with Gasteiger partial charge in [-0.15, -0.1) is 0 Å². The summed E-state index contributed by atoms with van der Waals surface area (Å²) in [7, 11) is 0. The predicted molar refractivity (Wildman–Crippen MR) is 226 cm³/mol. The molecule has 0 unspecified atom stereocenters. The van der Waals surface area contributed by atoms with E-state index >= 15 is 0 Å². The molecule has 0 N–H and O–H groups in total. The van der Waals surface area contributed by atoms with Crippen molar-refractivity contribution < 1.29 is 9.47 Å². The van der Waals surface area contributed by atoms with Crippen LogP contribution in [0.3, 0.4) is 0 Å². The largest absolute Gasteiger partial charge is 0.458 e. The Balaban J connectivity index is 1.13. The van der Waals surface area contributed by atoms with Crippen LogP contribution in [0.15, 0.2) is 176 Å². The molecule has 0 amide bonds. The Morgan fingerprint density at radius 2 is 0.944 bits per heavy atom. The number of benzene rings is 9. The highest BCUT2D eigenvalue weighted by molar-refractivity contribution is 6.98. The Bertz CT molecular complexity index is 2910. The average Bonchev–Trinajstić information content (AvgIpc) is 3.22. The Hall–Kier alpha value is -6.58. The van der Waals surface area contributed by atoms with E-state index in [2.05, 4.69) is 190 Å². The van der Waals surface area contributed by atoms with Crippen molar-refractivity contribution >= 4 is 55.4 Å². The normalized spacial score (nSPS) is 12.9. The quantitative estimate of drug-likeness (QED) is 0.135. The van der Waals surface area contributed by atoms with E-state index < -0.39 is 0 Å². The summed E-state index contributed by atoms with van der Waals surface area (Å²) in [5.74, 6) is 3.47. The minimum absolute atomic E-state index is 0.0203. The van der Waals surface area contributed by atoms with Crippen molar-refractivity contribution in [3.63, 3.8) is 0 Å². The summed E-state index contributed by atoms with van der Waals surface area (Å²) < 4.78 is 13.8. The molecule has 9 aromatic rings. The third-order valence-corrected chi connectivity index (χ3v) is 11.9. The maximum atomic E-state index is 6.95. The fourth-order valence-corrected chi connectivity index (χ4v) is 9.10. The van der Waals surface area contributed by atoms with Gasteiger partial charge in [0.1, 0.15) is 23.0 Å². The van der Waals surface area contributed by atoms with Crippen LogP contribution in [-0.2, 0) is 5.41 Å². The summed E-state index contributed by atoms with van der Waals surface area (Å²) in [5.41, 5.74) is 10.5. The Labute approximate surface area is 315 Å². The summed E-state index contributed by atoms with van der Waals surface area (Å²) in [6.45, 7) is 4.59. The van der Waals surface area contributed by atoms with E-state index in [1.54, 1.807) is 0 Å². The summed E-state index contributed by atoms with van der Waals surface area (Å²) in [5, 5.41) is 7.31. The zero-order chi connectivity index (χ0) is 36.0. The second-order valence-corrected chi connectivity index (χ2v) is 15.2. The Kier molecular flexibility index (Phi) is 6.72. The monoisotopic (exact) mass is 690 g/mol. The van der Waals surface area contributed by atoms with E-state index in [0.29, 0.717) is 0 Å². The highest BCUT2D eigenvalue weighted by Gasteiger charge is 2.41. The van der Waals surface area contributed by atoms with Gasteiger partial charge in [-0.05, 0) is 107 Å². The van der Waals surface area contributed by atoms with E-state index in [0.717, 1.165) is 39.5 Å². The first-order valence-electron chi connectivity index (χ1n) is 18.8. The van der Waals surface area contributed by atoms with Crippen LogP contribution in [0, 0.1) is 0 Å². The summed E-state index contributed by atoms with van der Waals surface area (Å²) in [4.78, 5) is 0. The van der Waals surface area contributed by atoms with Crippen molar-refractivity contribution in [2.24, 2.45) is 0 Å². The molecule has 0 saturated heterocycles. The van der Waals surface area contributed by atoms with Gasteiger partial charge in [0.05, 0.1) is 0 Å². The Morgan fingerprint density at radius 3 is 1.63 bits per heavy atom. The molecule has 2 aliphatic heterocycles. The molecule has 0 spiro atoms. The minimum Gasteiger partial charge on any atom is -0.458 e. The van der Waals surface area contributed by atoms with Gasteiger partial charge in [0, 0.05) is 10.9 Å².